The average Bonchev–Trinajstić information content (AvgIpc) is 3.16. The summed E-state index contributed by atoms with van der Waals surface area (Å²) in [6, 6.07) is 3.66. The van der Waals surface area contributed by atoms with E-state index in [9.17, 15) is 14.7 Å². The Hall–Kier alpha value is -3.39. The molecule has 0 saturated carbocycles. The van der Waals surface area contributed by atoms with Crippen LogP contribution in [0.15, 0.2) is 36.2 Å². The minimum atomic E-state index is -0.525. The van der Waals surface area contributed by atoms with Crippen LogP contribution in [-0.4, -0.2) is 29.1 Å². The number of hydrogen-bond acceptors (Lipinski definition) is 7. The molecule has 1 aliphatic heterocycles. The van der Waals surface area contributed by atoms with E-state index in [4.69, 9.17) is 14.3 Å². The summed E-state index contributed by atoms with van der Waals surface area (Å²) >= 11 is 0. The fraction of sp³-hybridized carbons (Fsp3) is 0.348. The number of esters is 1. The number of benzene rings is 1. The van der Waals surface area contributed by atoms with Crippen molar-refractivity contribution >= 4 is 11.9 Å². The number of carbonyl (C=O) groups excluding carboxylic acids is 2. The van der Waals surface area contributed by atoms with Gasteiger partial charge < -0.3 is 14.6 Å². The fourth-order valence-electron chi connectivity index (χ4n) is 3.45. The molecule has 2 heterocycles. The zero-order chi connectivity index (χ0) is 22.4. The van der Waals surface area contributed by atoms with Gasteiger partial charge in [-0.05, 0) is 43.9 Å². The van der Waals surface area contributed by atoms with Crippen LogP contribution in [0.5, 0.6) is 11.5 Å². The number of cyclic esters (lactones) is 1. The summed E-state index contributed by atoms with van der Waals surface area (Å²) < 4.78 is 10.5. The Bertz CT molecular complexity index is 1000. The van der Waals surface area contributed by atoms with Crippen LogP contribution in [0.25, 0.3) is 0 Å². The van der Waals surface area contributed by atoms with Crippen molar-refractivity contribution in [3.8, 4) is 11.5 Å². The molecule has 0 atom stereocenters. The predicted octanol–water partition coefficient (Wildman–Crippen LogP) is 3.29. The Labute approximate surface area is 180 Å². The molecule has 1 aromatic carbocycles. The highest BCUT2D eigenvalue weighted by Crippen LogP contribution is 2.42. The van der Waals surface area contributed by atoms with E-state index < -0.39 is 5.97 Å². The first-order valence-electron chi connectivity index (χ1n) is 9.95. The number of aromatic hydroxyl groups is 1. The molecular formula is C23H26N2O6. The van der Waals surface area contributed by atoms with Gasteiger partial charge >= 0.3 is 5.97 Å². The summed E-state index contributed by atoms with van der Waals surface area (Å²) in [4.78, 5) is 33.2. The van der Waals surface area contributed by atoms with Crippen LogP contribution >= 0.6 is 0 Å². The Balaban J connectivity index is 1.57. The number of carbonyl (C=O) groups is 2. The number of ether oxygens (including phenoxy) is 2. The van der Waals surface area contributed by atoms with Crippen LogP contribution in [0.2, 0.25) is 0 Å². The number of nitrogens with zero attached hydrogens (tertiary/aromatic N) is 1. The van der Waals surface area contributed by atoms with Gasteiger partial charge in [0.25, 0.3) is 0 Å². The SMILES string of the molecule is COc1c(C)c2c(c(O)c1CC=C(C)CCC(=O)NOCc1cccnc1)C(=O)OC2. The highest BCUT2D eigenvalue weighted by molar-refractivity contribution is 5.98. The van der Waals surface area contributed by atoms with Crippen molar-refractivity contribution < 1.29 is 29.0 Å². The molecule has 0 spiro atoms. The maximum absolute atomic E-state index is 12.0. The smallest absolute Gasteiger partial charge is 0.342 e. The molecule has 2 aromatic rings. The molecule has 1 aromatic heterocycles. The number of phenols is 1. The summed E-state index contributed by atoms with van der Waals surface area (Å²) in [6.45, 7) is 4.13. The lowest BCUT2D eigenvalue weighted by Gasteiger charge is -2.15. The molecule has 2 N–H and O–H groups in total. The van der Waals surface area contributed by atoms with Gasteiger partial charge in [0, 0.05) is 29.9 Å². The van der Waals surface area contributed by atoms with E-state index >= 15 is 0 Å². The van der Waals surface area contributed by atoms with E-state index in [0.717, 1.165) is 16.7 Å². The van der Waals surface area contributed by atoms with Crippen molar-refractivity contribution in [3.05, 3.63) is 64.0 Å². The molecule has 0 unspecified atom stereocenters. The van der Waals surface area contributed by atoms with Crippen LogP contribution in [-0.2, 0) is 34.0 Å². The summed E-state index contributed by atoms with van der Waals surface area (Å²) in [5, 5.41) is 10.6. The number of hydroxylamine groups is 1. The molecule has 0 fully saturated rings. The summed E-state index contributed by atoms with van der Waals surface area (Å²) in [7, 11) is 1.53. The van der Waals surface area contributed by atoms with Crippen molar-refractivity contribution in [2.24, 2.45) is 0 Å². The number of nitrogens with one attached hydrogen (secondary N) is 1. The van der Waals surface area contributed by atoms with Crippen LogP contribution in [0.1, 0.15) is 52.4 Å². The fourth-order valence-corrected chi connectivity index (χ4v) is 3.45. The molecule has 8 nitrogen and oxygen atoms in total. The van der Waals surface area contributed by atoms with Gasteiger partial charge in [-0.3, -0.25) is 14.6 Å². The Kier molecular flexibility index (Phi) is 7.25. The summed E-state index contributed by atoms with van der Waals surface area (Å²) in [5.74, 6) is -0.318. The second-order valence-corrected chi connectivity index (χ2v) is 7.34. The normalized spacial score (nSPS) is 13.0. The summed E-state index contributed by atoms with van der Waals surface area (Å²) in [5.41, 5.74) is 6.43. The Morgan fingerprint density at radius 3 is 2.90 bits per heavy atom. The van der Waals surface area contributed by atoms with E-state index in [0.29, 0.717) is 29.7 Å². The van der Waals surface area contributed by atoms with E-state index in [1.54, 1.807) is 18.5 Å². The van der Waals surface area contributed by atoms with Crippen LogP contribution in [0.4, 0.5) is 0 Å². The molecule has 1 aliphatic rings. The molecule has 3 rings (SSSR count). The van der Waals surface area contributed by atoms with Crippen LogP contribution in [0, 0.1) is 6.92 Å². The highest BCUT2D eigenvalue weighted by atomic mass is 16.6. The zero-order valence-electron chi connectivity index (χ0n) is 17.9. The van der Waals surface area contributed by atoms with Crippen molar-refractivity contribution in [3.63, 3.8) is 0 Å². The number of phenolic OH excluding ortho intramolecular Hbond substituents is 1. The minimum absolute atomic E-state index is 0.106. The summed E-state index contributed by atoms with van der Waals surface area (Å²) in [6.07, 6.45) is 6.39. The number of pyridine rings is 1. The lowest BCUT2D eigenvalue weighted by molar-refractivity contribution is -0.134. The van der Waals surface area contributed by atoms with Crippen molar-refractivity contribution in [2.75, 3.05) is 7.11 Å². The number of hydrogen-bond donors (Lipinski definition) is 2. The third-order valence-corrected chi connectivity index (χ3v) is 5.20. The second-order valence-electron chi connectivity index (χ2n) is 7.34. The number of aromatic nitrogens is 1. The molecule has 8 heteroatoms. The number of amides is 1. The van der Waals surface area contributed by atoms with Crippen molar-refractivity contribution in [1.29, 1.82) is 0 Å². The predicted molar refractivity (Wildman–Crippen MR) is 112 cm³/mol. The number of allylic oxidation sites excluding steroid dienone is 2. The second kappa shape index (κ2) is 10.1. The Morgan fingerprint density at radius 1 is 1.39 bits per heavy atom. The van der Waals surface area contributed by atoms with Gasteiger partial charge in [-0.1, -0.05) is 17.7 Å². The first-order chi connectivity index (χ1) is 14.9. The van der Waals surface area contributed by atoms with Gasteiger partial charge in [-0.15, -0.1) is 0 Å². The zero-order valence-corrected chi connectivity index (χ0v) is 17.9. The van der Waals surface area contributed by atoms with E-state index in [2.05, 4.69) is 10.5 Å². The monoisotopic (exact) mass is 426 g/mol. The molecule has 0 aliphatic carbocycles. The first kappa shape index (κ1) is 22.3. The first-order valence-corrected chi connectivity index (χ1v) is 9.95. The topological polar surface area (TPSA) is 107 Å². The van der Waals surface area contributed by atoms with E-state index in [1.165, 1.54) is 7.11 Å². The molecule has 0 bridgehead atoms. The number of methoxy groups -OCH3 is 1. The molecule has 1 amide bonds. The van der Waals surface area contributed by atoms with Gasteiger partial charge in [0.15, 0.2) is 0 Å². The Morgan fingerprint density at radius 2 is 2.19 bits per heavy atom. The van der Waals surface area contributed by atoms with Crippen molar-refractivity contribution in [1.82, 2.24) is 10.5 Å². The number of fused-ring (bicyclic) bond motifs is 1. The molecular weight excluding hydrogens is 400 g/mol. The number of rotatable bonds is 9. The lowest BCUT2D eigenvalue weighted by Crippen LogP contribution is -2.23. The molecule has 31 heavy (non-hydrogen) atoms. The van der Waals surface area contributed by atoms with Crippen LogP contribution in [0.3, 0.4) is 0 Å². The van der Waals surface area contributed by atoms with Crippen molar-refractivity contribution in [2.45, 2.75) is 46.3 Å². The minimum Gasteiger partial charge on any atom is -0.507 e. The molecule has 164 valence electrons. The van der Waals surface area contributed by atoms with Gasteiger partial charge in [0.05, 0.1) is 7.11 Å². The van der Waals surface area contributed by atoms with E-state index in [-0.39, 0.29) is 36.9 Å². The lowest BCUT2D eigenvalue weighted by atomic mass is 9.94. The van der Waals surface area contributed by atoms with Gasteiger partial charge in [0.1, 0.15) is 30.3 Å². The van der Waals surface area contributed by atoms with Gasteiger partial charge in [-0.25, -0.2) is 10.3 Å². The average molecular weight is 426 g/mol. The largest absolute Gasteiger partial charge is 0.507 e. The van der Waals surface area contributed by atoms with E-state index in [1.807, 2.05) is 26.0 Å². The molecule has 0 saturated heterocycles. The van der Waals surface area contributed by atoms with Gasteiger partial charge in [-0.2, -0.15) is 0 Å². The maximum atomic E-state index is 12.0. The third-order valence-electron chi connectivity index (χ3n) is 5.20. The standard InChI is InChI=1S/C23H26N2O6/c1-14(7-9-19(26)25-31-12-16-5-4-10-24-11-16)6-8-17-21(27)20-18(13-30-23(20)28)15(2)22(17)29-3/h4-6,10-11,27H,7-9,12-13H2,1-3H3,(H,25,26). The van der Waals surface area contributed by atoms with Gasteiger partial charge in [0.2, 0.25) is 5.91 Å². The van der Waals surface area contributed by atoms with Crippen LogP contribution < -0.4 is 10.2 Å². The maximum Gasteiger partial charge on any atom is 0.342 e. The molecule has 0 radical (unpaired) electrons. The quantitative estimate of drug-likeness (QED) is 0.360. The highest BCUT2D eigenvalue weighted by Gasteiger charge is 2.31. The third kappa shape index (κ3) is 5.21.